The molecule has 1 aliphatic heterocycles. The zero-order valence-electron chi connectivity index (χ0n) is 17.5. The van der Waals surface area contributed by atoms with Crippen molar-refractivity contribution in [2.24, 2.45) is 22.7 Å². The van der Waals surface area contributed by atoms with Crippen molar-refractivity contribution in [3.63, 3.8) is 0 Å². The van der Waals surface area contributed by atoms with Gasteiger partial charge in [0.25, 0.3) is 0 Å². The fraction of sp³-hybridized carbons (Fsp3) is 0.818. The first-order valence-corrected chi connectivity index (χ1v) is 10.0. The highest BCUT2D eigenvalue weighted by Gasteiger charge is 2.71. The highest BCUT2D eigenvalue weighted by Crippen LogP contribution is 2.65. The van der Waals surface area contributed by atoms with E-state index in [9.17, 15) is 14.7 Å². The van der Waals surface area contributed by atoms with Gasteiger partial charge < -0.3 is 14.6 Å². The van der Waals surface area contributed by atoms with Crippen molar-refractivity contribution >= 4 is 11.8 Å². The highest BCUT2D eigenvalue weighted by molar-refractivity contribution is 5.86. The van der Waals surface area contributed by atoms with Crippen LogP contribution in [0.2, 0.25) is 0 Å². The van der Waals surface area contributed by atoms with Crippen LogP contribution in [-0.2, 0) is 19.1 Å². The topological polar surface area (TPSA) is 72.8 Å². The molecule has 152 valence electrons. The monoisotopic (exact) mass is 378 g/mol. The first-order valence-electron chi connectivity index (χ1n) is 10.0. The van der Waals surface area contributed by atoms with Crippen molar-refractivity contribution < 1.29 is 24.2 Å². The minimum absolute atomic E-state index is 0.111. The lowest BCUT2D eigenvalue weighted by Crippen LogP contribution is -2.75. The molecular formula is C22H34O5. The normalized spacial score (nSPS) is 48.9. The summed E-state index contributed by atoms with van der Waals surface area (Å²) in [5, 5.41) is 11.5. The first-order chi connectivity index (χ1) is 12.3. The molecule has 0 amide bonds. The van der Waals surface area contributed by atoms with Crippen LogP contribution in [0.1, 0.15) is 67.2 Å². The molecule has 1 N–H and O–H groups in total. The van der Waals surface area contributed by atoms with Gasteiger partial charge in [0.2, 0.25) is 0 Å². The zero-order chi connectivity index (χ0) is 20.4. The number of hydrogen-bond acceptors (Lipinski definition) is 5. The van der Waals surface area contributed by atoms with E-state index in [1.54, 1.807) is 6.08 Å². The molecule has 5 heteroatoms. The van der Waals surface area contributed by atoms with Gasteiger partial charge in [-0.15, -0.1) is 6.58 Å². The van der Waals surface area contributed by atoms with Crippen LogP contribution in [0.3, 0.4) is 0 Å². The van der Waals surface area contributed by atoms with Crippen molar-refractivity contribution in [2.45, 2.75) is 90.6 Å². The van der Waals surface area contributed by atoms with Crippen LogP contribution in [-0.4, -0.2) is 40.3 Å². The zero-order valence-corrected chi connectivity index (χ0v) is 17.5. The summed E-state index contributed by atoms with van der Waals surface area (Å²) < 4.78 is 12.1. The Morgan fingerprint density at radius 1 is 1.26 bits per heavy atom. The Kier molecular flexibility index (Phi) is 4.68. The van der Waals surface area contributed by atoms with Gasteiger partial charge >= 0.3 is 5.97 Å². The molecule has 7 atom stereocenters. The van der Waals surface area contributed by atoms with E-state index in [1.807, 2.05) is 13.8 Å². The van der Waals surface area contributed by atoms with Crippen LogP contribution in [0.5, 0.6) is 0 Å². The standard InChI is InChI=1S/C22H34O5/c1-8-20(5)12-14(24)16-21(6)11-9-10-19(3,4)17(21)15(25)18(26-13(2)23)22(16,7)27-20/h8,15-18,25H,1,9-12H2,2-7H3/t15-,16?,17-,18-,20-,21+,22-/m0/s1. The molecule has 27 heavy (non-hydrogen) atoms. The predicted molar refractivity (Wildman–Crippen MR) is 102 cm³/mol. The van der Waals surface area contributed by atoms with Crippen molar-refractivity contribution in [3.05, 3.63) is 12.7 Å². The largest absolute Gasteiger partial charge is 0.457 e. The molecule has 5 nitrogen and oxygen atoms in total. The molecule has 0 aromatic rings. The van der Waals surface area contributed by atoms with E-state index in [0.717, 1.165) is 19.3 Å². The van der Waals surface area contributed by atoms with Crippen molar-refractivity contribution in [1.82, 2.24) is 0 Å². The average molecular weight is 379 g/mol. The number of aliphatic hydroxyl groups excluding tert-OH is 1. The van der Waals surface area contributed by atoms with Crippen LogP contribution in [0.25, 0.3) is 0 Å². The summed E-state index contributed by atoms with van der Waals surface area (Å²) in [6.45, 7) is 15.2. The highest BCUT2D eigenvalue weighted by atomic mass is 16.6. The molecule has 2 aliphatic carbocycles. The first kappa shape index (κ1) is 20.5. The molecule has 3 rings (SSSR count). The summed E-state index contributed by atoms with van der Waals surface area (Å²) in [7, 11) is 0. The lowest BCUT2D eigenvalue weighted by atomic mass is 9.42. The Morgan fingerprint density at radius 3 is 2.44 bits per heavy atom. The number of ketones is 1. The number of carbonyl (C=O) groups excluding carboxylic acids is 2. The number of hydrogen-bond donors (Lipinski definition) is 1. The summed E-state index contributed by atoms with van der Waals surface area (Å²) in [5.74, 6) is -0.948. The molecule has 0 radical (unpaired) electrons. The summed E-state index contributed by atoms with van der Waals surface area (Å²) in [5.41, 5.74) is -2.51. The van der Waals surface area contributed by atoms with Crippen molar-refractivity contribution in [3.8, 4) is 0 Å². The fourth-order valence-corrected chi connectivity index (χ4v) is 6.91. The van der Waals surface area contributed by atoms with Gasteiger partial charge in [0.1, 0.15) is 11.4 Å². The predicted octanol–water partition coefficient (Wildman–Crippen LogP) is 3.43. The summed E-state index contributed by atoms with van der Waals surface area (Å²) >= 11 is 0. The number of rotatable bonds is 2. The van der Waals surface area contributed by atoms with Crippen LogP contribution in [0.15, 0.2) is 12.7 Å². The smallest absolute Gasteiger partial charge is 0.303 e. The SMILES string of the molecule is C=C[C@@]1(C)CC(=O)C2[C@](C)(O1)[C@@H](OC(C)=O)[C@@H](O)[C@H]1C(C)(C)CCC[C@]21C. The van der Waals surface area contributed by atoms with E-state index in [-0.39, 0.29) is 23.5 Å². The van der Waals surface area contributed by atoms with E-state index in [4.69, 9.17) is 9.47 Å². The van der Waals surface area contributed by atoms with Gasteiger partial charge in [-0.05, 0) is 43.4 Å². The second-order valence-corrected chi connectivity index (χ2v) is 10.2. The maximum absolute atomic E-state index is 13.5. The molecule has 3 fully saturated rings. The maximum Gasteiger partial charge on any atom is 0.303 e. The van der Waals surface area contributed by atoms with E-state index < -0.39 is 40.7 Å². The molecule has 1 heterocycles. The molecule has 0 bridgehead atoms. The maximum atomic E-state index is 13.5. The van der Waals surface area contributed by atoms with Gasteiger partial charge in [-0.25, -0.2) is 0 Å². The number of aliphatic hydroxyl groups is 1. The van der Waals surface area contributed by atoms with Crippen LogP contribution >= 0.6 is 0 Å². The molecule has 1 unspecified atom stereocenters. The average Bonchev–Trinajstić information content (AvgIpc) is 2.49. The van der Waals surface area contributed by atoms with Crippen LogP contribution in [0.4, 0.5) is 0 Å². The number of fused-ring (bicyclic) bond motifs is 3. The molecular weight excluding hydrogens is 344 g/mol. The minimum Gasteiger partial charge on any atom is -0.457 e. The molecule has 3 aliphatic rings. The van der Waals surface area contributed by atoms with Gasteiger partial charge in [0.05, 0.1) is 17.6 Å². The number of esters is 1. The van der Waals surface area contributed by atoms with E-state index in [2.05, 4.69) is 27.4 Å². The van der Waals surface area contributed by atoms with Gasteiger partial charge in [-0.3, -0.25) is 9.59 Å². The second kappa shape index (κ2) is 6.15. The minimum atomic E-state index is -1.10. The Morgan fingerprint density at radius 2 is 1.89 bits per heavy atom. The molecule has 0 aromatic carbocycles. The van der Waals surface area contributed by atoms with Crippen molar-refractivity contribution in [2.75, 3.05) is 0 Å². The molecule has 2 saturated carbocycles. The van der Waals surface area contributed by atoms with Gasteiger partial charge in [-0.1, -0.05) is 33.3 Å². The summed E-state index contributed by atoms with van der Waals surface area (Å²) in [6.07, 6.45) is 2.94. The third-order valence-corrected chi connectivity index (χ3v) is 7.56. The molecule has 0 aromatic heterocycles. The Balaban J connectivity index is 2.20. The third-order valence-electron chi connectivity index (χ3n) is 7.56. The number of Topliss-reactive ketones (excluding diaryl/α,β-unsaturated/α-hetero) is 1. The Bertz CT molecular complexity index is 670. The number of carbonyl (C=O) groups is 2. The number of ether oxygens (including phenoxy) is 2. The Hall–Kier alpha value is -1.20. The van der Waals surface area contributed by atoms with E-state index >= 15 is 0 Å². The lowest BCUT2D eigenvalue weighted by Gasteiger charge is -2.67. The second-order valence-electron chi connectivity index (χ2n) is 10.2. The van der Waals surface area contributed by atoms with Crippen LogP contribution in [0, 0.1) is 22.7 Å². The van der Waals surface area contributed by atoms with Gasteiger partial charge in [-0.2, -0.15) is 0 Å². The van der Waals surface area contributed by atoms with Gasteiger partial charge in [0, 0.05) is 13.3 Å². The quantitative estimate of drug-likeness (QED) is 0.589. The van der Waals surface area contributed by atoms with Crippen LogP contribution < -0.4 is 0 Å². The summed E-state index contributed by atoms with van der Waals surface area (Å²) in [6, 6.07) is 0. The third kappa shape index (κ3) is 2.89. The molecule has 0 spiro atoms. The fourth-order valence-electron chi connectivity index (χ4n) is 6.91. The van der Waals surface area contributed by atoms with Gasteiger partial charge in [0.15, 0.2) is 6.10 Å². The summed E-state index contributed by atoms with van der Waals surface area (Å²) in [4.78, 5) is 25.4. The lowest BCUT2D eigenvalue weighted by molar-refractivity contribution is -0.307. The Labute approximate surface area is 162 Å². The van der Waals surface area contributed by atoms with E-state index in [1.165, 1.54) is 6.92 Å². The van der Waals surface area contributed by atoms with Crippen molar-refractivity contribution in [1.29, 1.82) is 0 Å². The molecule has 1 saturated heterocycles. The van der Waals surface area contributed by atoms with E-state index in [0.29, 0.717) is 0 Å².